The predicted molar refractivity (Wildman–Crippen MR) is 97.6 cm³/mol. The van der Waals surface area contributed by atoms with Gasteiger partial charge in [-0.2, -0.15) is 0 Å². The van der Waals surface area contributed by atoms with Gasteiger partial charge in [-0.05, 0) is 30.5 Å². The van der Waals surface area contributed by atoms with E-state index in [0.29, 0.717) is 24.9 Å². The third-order valence-corrected chi connectivity index (χ3v) is 4.73. The normalized spacial score (nSPS) is 17.3. The first-order valence-electron chi connectivity index (χ1n) is 8.97. The Balaban J connectivity index is 1.81. The van der Waals surface area contributed by atoms with E-state index in [1.165, 1.54) is 4.90 Å². The van der Waals surface area contributed by atoms with E-state index in [9.17, 15) is 19.5 Å². The fourth-order valence-electron chi connectivity index (χ4n) is 3.36. The number of carbonyl (C=O) groups excluding carboxylic acids is 3. The molecule has 1 aliphatic heterocycles. The third-order valence-electron chi connectivity index (χ3n) is 4.73. The van der Waals surface area contributed by atoms with E-state index in [1.807, 2.05) is 30.3 Å². The average molecular weight is 365 g/mol. The van der Waals surface area contributed by atoms with Crippen LogP contribution >= 0.6 is 0 Å². The van der Waals surface area contributed by atoms with Gasteiger partial charge in [0.15, 0.2) is 0 Å². The number of rotatable bonds is 6. The Bertz CT molecular complexity index is 807. The molecule has 2 aromatic rings. The van der Waals surface area contributed by atoms with Crippen LogP contribution in [0.1, 0.15) is 28.8 Å². The minimum Gasteiger partial charge on any atom is -0.548 e. The third kappa shape index (κ3) is 4.53. The van der Waals surface area contributed by atoms with E-state index in [-0.39, 0.29) is 12.3 Å². The summed E-state index contributed by atoms with van der Waals surface area (Å²) in [6.07, 6.45) is 1.27. The van der Waals surface area contributed by atoms with Crippen LogP contribution in [-0.4, -0.2) is 41.3 Å². The molecule has 1 fully saturated rings. The molecule has 0 bridgehead atoms. The van der Waals surface area contributed by atoms with Gasteiger partial charge in [0.05, 0.1) is 12.0 Å². The molecule has 140 valence electrons. The van der Waals surface area contributed by atoms with Gasteiger partial charge < -0.3 is 20.1 Å². The van der Waals surface area contributed by atoms with Crippen molar-refractivity contribution in [2.24, 2.45) is 0 Å². The summed E-state index contributed by atoms with van der Waals surface area (Å²) in [5.41, 5.74) is 1.33. The van der Waals surface area contributed by atoms with E-state index < -0.39 is 24.0 Å². The van der Waals surface area contributed by atoms with Crippen LogP contribution in [0, 0.1) is 0 Å². The van der Waals surface area contributed by atoms with Gasteiger partial charge in [0.1, 0.15) is 6.04 Å². The van der Waals surface area contributed by atoms with Gasteiger partial charge in [-0.3, -0.25) is 9.59 Å². The van der Waals surface area contributed by atoms with Crippen LogP contribution in [0.5, 0.6) is 0 Å². The van der Waals surface area contributed by atoms with Gasteiger partial charge in [0.25, 0.3) is 5.91 Å². The van der Waals surface area contributed by atoms with Crippen LogP contribution in [0.4, 0.5) is 0 Å². The van der Waals surface area contributed by atoms with Crippen molar-refractivity contribution < 1.29 is 19.5 Å². The SMILES string of the molecule is O=C(N[C@@H](Cc1ccccc1)C(=O)N1CCC[C@@H]1C(=O)[O-])c1ccccc1. The standard InChI is InChI=1S/C21H22N2O4/c24-19(16-10-5-2-6-11-16)22-17(14-15-8-3-1-4-9-15)20(25)23-13-7-12-18(23)21(26)27/h1-6,8-11,17-18H,7,12-14H2,(H,22,24)(H,26,27)/p-1/t17-,18+/m0/s1. The van der Waals surface area contributed by atoms with Crippen LogP contribution in [0.15, 0.2) is 60.7 Å². The highest BCUT2D eigenvalue weighted by Gasteiger charge is 2.34. The number of hydrogen-bond donors (Lipinski definition) is 1. The quantitative estimate of drug-likeness (QED) is 0.819. The number of likely N-dealkylation sites (tertiary alicyclic amines) is 1. The molecule has 0 radical (unpaired) electrons. The second kappa shape index (κ2) is 8.49. The number of carboxylic acid groups (broad SMARTS) is 1. The molecule has 2 atom stereocenters. The summed E-state index contributed by atoms with van der Waals surface area (Å²) >= 11 is 0. The molecule has 0 unspecified atom stereocenters. The van der Waals surface area contributed by atoms with Crippen molar-refractivity contribution in [2.75, 3.05) is 6.54 Å². The Hall–Kier alpha value is -3.15. The maximum absolute atomic E-state index is 13.1. The maximum Gasteiger partial charge on any atom is 0.251 e. The fraction of sp³-hybridized carbons (Fsp3) is 0.286. The highest BCUT2D eigenvalue weighted by molar-refractivity contribution is 5.98. The fourth-order valence-corrected chi connectivity index (χ4v) is 3.36. The van der Waals surface area contributed by atoms with Crippen molar-refractivity contribution in [2.45, 2.75) is 31.3 Å². The van der Waals surface area contributed by atoms with Crippen molar-refractivity contribution >= 4 is 17.8 Å². The minimum atomic E-state index is -1.26. The molecule has 0 saturated carbocycles. The van der Waals surface area contributed by atoms with E-state index in [4.69, 9.17) is 0 Å². The van der Waals surface area contributed by atoms with Gasteiger partial charge in [-0.25, -0.2) is 0 Å². The summed E-state index contributed by atoms with van der Waals surface area (Å²) < 4.78 is 0. The van der Waals surface area contributed by atoms with Crippen molar-refractivity contribution in [3.63, 3.8) is 0 Å². The zero-order valence-corrected chi connectivity index (χ0v) is 14.8. The Morgan fingerprint density at radius 3 is 2.30 bits per heavy atom. The summed E-state index contributed by atoms with van der Waals surface area (Å²) in [7, 11) is 0. The average Bonchev–Trinajstić information content (AvgIpc) is 3.18. The first kappa shape index (κ1) is 18.6. The van der Waals surface area contributed by atoms with Gasteiger partial charge in [-0.1, -0.05) is 48.5 Å². The Kier molecular flexibility index (Phi) is 5.86. The summed E-state index contributed by atoms with van der Waals surface area (Å²) in [5, 5.41) is 14.1. The molecule has 6 nitrogen and oxygen atoms in total. The molecule has 1 heterocycles. The van der Waals surface area contributed by atoms with E-state index in [1.54, 1.807) is 30.3 Å². The van der Waals surface area contributed by atoms with Crippen LogP contribution in [-0.2, 0) is 16.0 Å². The second-order valence-electron chi connectivity index (χ2n) is 6.59. The minimum absolute atomic E-state index is 0.286. The highest BCUT2D eigenvalue weighted by atomic mass is 16.4. The lowest BCUT2D eigenvalue weighted by molar-refractivity contribution is -0.310. The molecule has 1 aliphatic rings. The predicted octanol–water partition coefficient (Wildman–Crippen LogP) is 0.769. The molecule has 2 aromatic carbocycles. The van der Waals surface area contributed by atoms with E-state index >= 15 is 0 Å². The van der Waals surface area contributed by atoms with Crippen LogP contribution in [0.2, 0.25) is 0 Å². The number of nitrogens with one attached hydrogen (secondary N) is 1. The van der Waals surface area contributed by atoms with Gasteiger partial charge >= 0.3 is 0 Å². The molecule has 2 amide bonds. The largest absolute Gasteiger partial charge is 0.548 e. The zero-order valence-electron chi connectivity index (χ0n) is 14.8. The van der Waals surface area contributed by atoms with Gasteiger partial charge in [0, 0.05) is 18.5 Å². The molecule has 0 aromatic heterocycles. The monoisotopic (exact) mass is 365 g/mol. The number of nitrogens with zero attached hydrogens (tertiary/aromatic N) is 1. The molecule has 0 spiro atoms. The molecule has 1 saturated heterocycles. The van der Waals surface area contributed by atoms with Crippen molar-refractivity contribution in [1.29, 1.82) is 0 Å². The Morgan fingerprint density at radius 2 is 1.67 bits per heavy atom. The molecule has 1 N–H and O–H groups in total. The van der Waals surface area contributed by atoms with E-state index in [0.717, 1.165) is 5.56 Å². The van der Waals surface area contributed by atoms with Crippen LogP contribution < -0.4 is 10.4 Å². The number of carbonyl (C=O) groups is 3. The lowest BCUT2D eigenvalue weighted by Crippen LogP contribution is -2.54. The molecule has 27 heavy (non-hydrogen) atoms. The molecule has 3 rings (SSSR count). The van der Waals surface area contributed by atoms with Crippen LogP contribution in [0.3, 0.4) is 0 Å². The number of carboxylic acids is 1. The first-order valence-corrected chi connectivity index (χ1v) is 8.97. The van der Waals surface area contributed by atoms with Gasteiger partial charge in [0.2, 0.25) is 5.91 Å². The molecular weight excluding hydrogens is 344 g/mol. The number of aliphatic carboxylic acids is 1. The Morgan fingerprint density at radius 1 is 1.04 bits per heavy atom. The van der Waals surface area contributed by atoms with Gasteiger partial charge in [-0.15, -0.1) is 0 Å². The van der Waals surface area contributed by atoms with Crippen molar-refractivity contribution in [3.8, 4) is 0 Å². The summed E-state index contributed by atoms with van der Waals surface area (Å²) in [6.45, 7) is 0.351. The zero-order chi connectivity index (χ0) is 19.2. The van der Waals surface area contributed by atoms with Crippen molar-refractivity contribution in [3.05, 3.63) is 71.8 Å². The topological polar surface area (TPSA) is 89.5 Å². The maximum atomic E-state index is 13.1. The molecular formula is C21H21N2O4-. The smallest absolute Gasteiger partial charge is 0.251 e. The number of benzene rings is 2. The number of amides is 2. The first-order chi connectivity index (χ1) is 13.1. The lowest BCUT2D eigenvalue weighted by Gasteiger charge is -2.30. The second-order valence-corrected chi connectivity index (χ2v) is 6.59. The summed E-state index contributed by atoms with van der Waals surface area (Å²) in [5.74, 6) is -2.02. The summed E-state index contributed by atoms with van der Waals surface area (Å²) in [4.78, 5) is 38.3. The lowest BCUT2D eigenvalue weighted by atomic mass is 10.0. The molecule has 6 heteroatoms. The number of hydrogen-bond acceptors (Lipinski definition) is 4. The molecule has 0 aliphatic carbocycles. The van der Waals surface area contributed by atoms with E-state index in [2.05, 4.69) is 5.32 Å². The Labute approximate surface area is 157 Å². The van der Waals surface area contributed by atoms with Crippen LogP contribution in [0.25, 0.3) is 0 Å². The summed E-state index contributed by atoms with van der Waals surface area (Å²) in [6, 6.07) is 16.2. The highest BCUT2D eigenvalue weighted by Crippen LogP contribution is 2.19. The van der Waals surface area contributed by atoms with Crippen molar-refractivity contribution in [1.82, 2.24) is 10.2 Å².